The number of hydrogen-bond donors (Lipinski definition) is 1. The third kappa shape index (κ3) is 6.48. The van der Waals surface area contributed by atoms with Crippen molar-refractivity contribution in [2.45, 2.75) is 22.7 Å². The lowest BCUT2D eigenvalue weighted by atomic mass is 9.95. The van der Waals surface area contributed by atoms with E-state index in [2.05, 4.69) is 10.2 Å². The lowest BCUT2D eigenvalue weighted by molar-refractivity contribution is -0.132. The van der Waals surface area contributed by atoms with Crippen molar-refractivity contribution < 1.29 is 28.6 Å². The number of aliphatic hydroxyl groups excluding tert-OH is 1. The van der Waals surface area contributed by atoms with Crippen LogP contribution in [-0.2, 0) is 21.9 Å². The molecular weight excluding hydrogens is 649 g/mol. The van der Waals surface area contributed by atoms with Gasteiger partial charge < -0.3 is 14.6 Å². The number of carbonyl (C=O) groups is 2. The maximum Gasteiger partial charge on any atom is 0.301 e. The van der Waals surface area contributed by atoms with E-state index in [4.69, 9.17) is 21.1 Å². The van der Waals surface area contributed by atoms with Gasteiger partial charge >= 0.3 is 5.91 Å². The number of ketones is 1. The Hall–Kier alpha value is -4.71. The first-order chi connectivity index (χ1) is 22.3. The Labute approximate surface area is 277 Å². The smallest absolute Gasteiger partial charge is 0.301 e. The molecule has 1 amide bonds. The molecule has 4 aromatic carbocycles. The number of amides is 1. The average Bonchev–Trinajstić information content (AvgIpc) is 3.65. The van der Waals surface area contributed by atoms with E-state index in [-0.39, 0.29) is 16.3 Å². The molecule has 1 saturated heterocycles. The average molecular weight is 674 g/mol. The second kappa shape index (κ2) is 13.7. The Kier molecular flexibility index (Phi) is 9.34. The van der Waals surface area contributed by atoms with Crippen LogP contribution < -0.4 is 14.4 Å². The van der Waals surface area contributed by atoms with Crippen LogP contribution in [0.15, 0.2) is 107 Å². The zero-order chi connectivity index (χ0) is 32.2. The van der Waals surface area contributed by atoms with Crippen LogP contribution in [0.2, 0.25) is 5.02 Å². The highest BCUT2D eigenvalue weighted by molar-refractivity contribution is 8.00. The standard InChI is InChI=1S/C34H25ClFN3O5S2/c1-43-27-17-22(13-16-26(27)44-18-20-7-3-2-4-8-20)29-28(30(40)21-11-14-24(36)15-12-21)31(41)32(42)39(29)33-37-38-34(46-33)45-19-23-9-5-6-10-25(23)35/h2-17,29,40H,18-19H2,1H3/b30-28-. The number of benzene rings is 4. The van der Waals surface area contributed by atoms with Crippen LogP contribution in [0.1, 0.15) is 28.3 Å². The van der Waals surface area contributed by atoms with E-state index in [1.54, 1.807) is 24.3 Å². The zero-order valence-corrected chi connectivity index (χ0v) is 26.6. The number of aliphatic hydroxyl groups is 1. The maximum absolute atomic E-state index is 13.7. The highest BCUT2D eigenvalue weighted by Gasteiger charge is 2.48. The molecule has 12 heteroatoms. The summed E-state index contributed by atoms with van der Waals surface area (Å²) in [5, 5.41) is 20.7. The minimum atomic E-state index is -1.10. The van der Waals surface area contributed by atoms with Crippen molar-refractivity contribution in [2.75, 3.05) is 12.0 Å². The first-order valence-electron chi connectivity index (χ1n) is 14.0. The van der Waals surface area contributed by atoms with Gasteiger partial charge in [-0.1, -0.05) is 89.3 Å². The molecule has 1 unspecified atom stereocenters. The predicted molar refractivity (Wildman–Crippen MR) is 176 cm³/mol. The minimum absolute atomic E-state index is 0.162. The third-order valence-corrected chi connectivity index (χ3v) is 9.69. The summed E-state index contributed by atoms with van der Waals surface area (Å²) >= 11 is 8.83. The molecule has 1 aliphatic rings. The molecule has 0 saturated carbocycles. The molecule has 0 aliphatic carbocycles. The summed E-state index contributed by atoms with van der Waals surface area (Å²) in [6, 6.07) is 26.0. The van der Waals surface area contributed by atoms with Crippen LogP contribution in [0.25, 0.3) is 5.76 Å². The van der Waals surface area contributed by atoms with E-state index >= 15 is 0 Å². The largest absolute Gasteiger partial charge is 0.507 e. The summed E-state index contributed by atoms with van der Waals surface area (Å²) in [5.74, 6) is -1.46. The molecule has 0 radical (unpaired) electrons. The summed E-state index contributed by atoms with van der Waals surface area (Å²) < 4.78 is 25.9. The number of methoxy groups -OCH3 is 1. The van der Waals surface area contributed by atoms with Gasteiger partial charge in [0.1, 0.15) is 18.2 Å². The number of carbonyl (C=O) groups excluding carboxylic acids is 2. The Bertz CT molecular complexity index is 1940. The SMILES string of the molecule is COc1cc(C2/C(=C(/O)c3ccc(F)cc3)C(=O)C(=O)N2c2nnc(SCc3ccccc3Cl)s2)ccc1OCc1ccccc1. The molecule has 0 spiro atoms. The van der Waals surface area contributed by atoms with Crippen LogP contribution in [0, 0.1) is 5.82 Å². The van der Waals surface area contributed by atoms with Gasteiger partial charge in [0.15, 0.2) is 15.8 Å². The monoisotopic (exact) mass is 673 g/mol. The van der Waals surface area contributed by atoms with Crippen LogP contribution in [0.4, 0.5) is 9.52 Å². The van der Waals surface area contributed by atoms with Crippen LogP contribution in [-0.4, -0.2) is 34.1 Å². The second-order valence-corrected chi connectivity index (χ2v) is 12.7. The number of ether oxygens (including phenoxy) is 2. The van der Waals surface area contributed by atoms with Gasteiger partial charge in [0.25, 0.3) is 5.78 Å². The molecule has 1 fully saturated rings. The van der Waals surface area contributed by atoms with E-state index in [0.717, 1.165) is 34.6 Å². The molecule has 1 aromatic heterocycles. The van der Waals surface area contributed by atoms with Gasteiger partial charge in [-0.25, -0.2) is 4.39 Å². The summed E-state index contributed by atoms with van der Waals surface area (Å²) in [4.78, 5) is 28.4. The normalized spacial score (nSPS) is 15.7. The van der Waals surface area contributed by atoms with Gasteiger partial charge in [-0.15, -0.1) is 10.2 Å². The van der Waals surface area contributed by atoms with Crippen molar-refractivity contribution in [1.82, 2.24) is 10.2 Å². The van der Waals surface area contributed by atoms with Gasteiger partial charge in [0, 0.05) is 16.3 Å². The minimum Gasteiger partial charge on any atom is -0.507 e. The van der Waals surface area contributed by atoms with Crippen molar-refractivity contribution in [3.8, 4) is 11.5 Å². The summed E-state index contributed by atoms with van der Waals surface area (Å²) in [7, 11) is 1.48. The van der Waals surface area contributed by atoms with E-state index < -0.39 is 29.3 Å². The van der Waals surface area contributed by atoms with E-state index in [0.29, 0.717) is 38.8 Å². The number of nitrogens with zero attached hydrogens (tertiary/aromatic N) is 3. The molecular formula is C34H25ClFN3O5S2. The Morgan fingerprint density at radius 3 is 2.46 bits per heavy atom. The molecule has 5 aromatic rings. The molecule has 46 heavy (non-hydrogen) atoms. The van der Waals surface area contributed by atoms with Crippen molar-refractivity contribution in [3.63, 3.8) is 0 Å². The van der Waals surface area contributed by atoms with Crippen LogP contribution in [0.5, 0.6) is 11.5 Å². The Balaban J connectivity index is 1.38. The molecule has 8 nitrogen and oxygen atoms in total. The zero-order valence-electron chi connectivity index (χ0n) is 24.2. The predicted octanol–water partition coefficient (Wildman–Crippen LogP) is 7.84. The van der Waals surface area contributed by atoms with Crippen molar-refractivity contribution in [3.05, 3.63) is 136 Å². The fourth-order valence-corrected chi connectivity index (χ4v) is 7.08. The van der Waals surface area contributed by atoms with Gasteiger partial charge in [0.2, 0.25) is 5.13 Å². The maximum atomic E-state index is 13.7. The molecule has 0 bridgehead atoms. The van der Waals surface area contributed by atoms with E-state index in [1.165, 1.54) is 35.9 Å². The molecule has 1 N–H and O–H groups in total. The summed E-state index contributed by atoms with van der Waals surface area (Å²) in [6.45, 7) is 0.291. The van der Waals surface area contributed by atoms with Crippen molar-refractivity contribution in [2.24, 2.45) is 0 Å². The van der Waals surface area contributed by atoms with Crippen molar-refractivity contribution in [1.29, 1.82) is 0 Å². The second-order valence-electron chi connectivity index (χ2n) is 10.1. The lowest BCUT2D eigenvalue weighted by Gasteiger charge is -2.23. The summed E-state index contributed by atoms with van der Waals surface area (Å²) in [6.07, 6.45) is 0. The fraction of sp³-hybridized carbons (Fsp3) is 0.118. The van der Waals surface area contributed by atoms with E-state index in [1.807, 2.05) is 48.5 Å². The third-order valence-electron chi connectivity index (χ3n) is 7.21. The number of thioether (sulfide) groups is 1. The Morgan fingerprint density at radius 1 is 0.978 bits per heavy atom. The quantitative estimate of drug-likeness (QED) is 0.0526. The highest BCUT2D eigenvalue weighted by Crippen LogP contribution is 2.45. The van der Waals surface area contributed by atoms with Gasteiger partial charge in [-0.3, -0.25) is 14.5 Å². The Morgan fingerprint density at radius 2 is 1.72 bits per heavy atom. The number of anilines is 1. The first kappa shape index (κ1) is 31.3. The molecule has 232 valence electrons. The topological polar surface area (TPSA) is 102 Å². The molecule has 1 aliphatic heterocycles. The van der Waals surface area contributed by atoms with Crippen LogP contribution >= 0.6 is 34.7 Å². The molecule has 1 atom stereocenters. The van der Waals surface area contributed by atoms with Crippen molar-refractivity contribution >= 4 is 57.3 Å². The van der Waals surface area contributed by atoms with Crippen LogP contribution in [0.3, 0.4) is 0 Å². The van der Waals surface area contributed by atoms with Gasteiger partial charge in [-0.05, 0) is 59.2 Å². The van der Waals surface area contributed by atoms with Gasteiger partial charge in [-0.2, -0.15) is 0 Å². The van der Waals surface area contributed by atoms with E-state index in [9.17, 15) is 19.1 Å². The lowest BCUT2D eigenvalue weighted by Crippen LogP contribution is -2.29. The highest BCUT2D eigenvalue weighted by atomic mass is 35.5. The number of Topliss-reactive ketones (excluding diaryl/α,β-unsaturated/α-hetero) is 1. The number of hydrogen-bond acceptors (Lipinski definition) is 9. The number of rotatable bonds is 10. The fourth-order valence-electron chi connectivity index (χ4n) is 4.93. The summed E-state index contributed by atoms with van der Waals surface area (Å²) in [5.41, 5.74) is 2.31. The van der Waals surface area contributed by atoms with Gasteiger partial charge in [0.05, 0.1) is 18.7 Å². The number of aromatic nitrogens is 2. The first-order valence-corrected chi connectivity index (χ1v) is 16.1. The molecule has 2 heterocycles. The molecule has 6 rings (SSSR count). The number of halogens is 2.